The third kappa shape index (κ3) is 9.07. The van der Waals surface area contributed by atoms with E-state index in [2.05, 4.69) is 4.98 Å². The van der Waals surface area contributed by atoms with Gasteiger partial charge in [-0.3, -0.25) is 4.98 Å². The Morgan fingerprint density at radius 3 is 1.82 bits per heavy atom. The van der Waals surface area contributed by atoms with Crippen LogP contribution in [-0.2, 0) is 0 Å². The molecule has 3 heteroatoms. The molecule has 4 N–H and O–H groups in total. The molecule has 0 bridgehead atoms. The molecule has 0 amide bonds. The fraction of sp³-hybridized carbons (Fsp3) is 0.375. The fourth-order valence-electron chi connectivity index (χ4n) is 0.313. The van der Waals surface area contributed by atoms with Gasteiger partial charge in [0.25, 0.3) is 0 Å². The maximum absolute atomic E-state index is 5.17. The summed E-state index contributed by atoms with van der Waals surface area (Å²) in [6, 6.07) is 5.88. The van der Waals surface area contributed by atoms with E-state index in [1.165, 1.54) is 0 Å². The van der Waals surface area contributed by atoms with Gasteiger partial charge < -0.3 is 11.5 Å². The van der Waals surface area contributed by atoms with E-state index in [0.717, 1.165) is 0 Å². The zero-order valence-corrected chi connectivity index (χ0v) is 6.77. The van der Waals surface area contributed by atoms with Crippen molar-refractivity contribution in [3.8, 4) is 0 Å². The molecule has 1 atom stereocenters. The van der Waals surface area contributed by atoms with Crippen molar-refractivity contribution in [3.63, 3.8) is 0 Å². The topological polar surface area (TPSA) is 64.9 Å². The summed E-state index contributed by atoms with van der Waals surface area (Å²) in [5.74, 6) is 0. The van der Waals surface area contributed by atoms with Crippen molar-refractivity contribution in [3.05, 3.63) is 30.6 Å². The monoisotopic (exact) mass is 153 g/mol. The number of pyridine rings is 1. The molecule has 1 unspecified atom stereocenters. The third-order valence-corrected chi connectivity index (χ3v) is 0.938. The average molecular weight is 153 g/mol. The maximum Gasteiger partial charge on any atom is 0.0267 e. The molecule has 0 spiro atoms. The van der Waals surface area contributed by atoms with E-state index < -0.39 is 0 Å². The van der Waals surface area contributed by atoms with Gasteiger partial charge in [-0.1, -0.05) is 6.07 Å². The van der Waals surface area contributed by atoms with Crippen molar-refractivity contribution >= 4 is 0 Å². The highest BCUT2D eigenvalue weighted by Gasteiger charge is 1.79. The average Bonchev–Trinajstić information content (AvgIpc) is 2.09. The molecule has 0 aliphatic rings. The highest BCUT2D eigenvalue weighted by Crippen LogP contribution is 1.73. The van der Waals surface area contributed by atoms with Gasteiger partial charge in [-0.05, 0) is 19.1 Å². The lowest BCUT2D eigenvalue weighted by Crippen LogP contribution is -2.25. The molecule has 0 fully saturated rings. The van der Waals surface area contributed by atoms with Crippen LogP contribution in [0.15, 0.2) is 30.6 Å². The molecule has 0 radical (unpaired) electrons. The molecule has 1 aromatic heterocycles. The SMILES string of the molecule is CC(N)CN.c1ccncc1. The van der Waals surface area contributed by atoms with E-state index in [4.69, 9.17) is 11.5 Å². The third-order valence-electron chi connectivity index (χ3n) is 0.938. The summed E-state index contributed by atoms with van der Waals surface area (Å²) >= 11 is 0. The largest absolute Gasteiger partial charge is 0.329 e. The number of nitrogens with two attached hydrogens (primary N) is 2. The summed E-state index contributed by atoms with van der Waals surface area (Å²) in [6.45, 7) is 2.46. The van der Waals surface area contributed by atoms with E-state index in [1.54, 1.807) is 12.4 Å². The highest BCUT2D eigenvalue weighted by molar-refractivity contribution is 4.88. The molecule has 0 aliphatic heterocycles. The number of hydrogen-bond acceptors (Lipinski definition) is 3. The van der Waals surface area contributed by atoms with Gasteiger partial charge in [-0.25, -0.2) is 0 Å². The molecule has 0 aliphatic carbocycles. The van der Waals surface area contributed by atoms with Gasteiger partial charge in [-0.2, -0.15) is 0 Å². The van der Waals surface area contributed by atoms with Crippen LogP contribution < -0.4 is 11.5 Å². The van der Waals surface area contributed by atoms with Crippen LogP contribution in [0, 0.1) is 0 Å². The van der Waals surface area contributed by atoms with Gasteiger partial charge >= 0.3 is 0 Å². The zero-order valence-electron chi connectivity index (χ0n) is 6.77. The van der Waals surface area contributed by atoms with Crippen molar-refractivity contribution in [2.24, 2.45) is 11.5 Å². The predicted octanol–water partition coefficient (Wildman–Crippen LogP) is 0.374. The van der Waals surface area contributed by atoms with E-state index in [-0.39, 0.29) is 6.04 Å². The number of nitrogens with zero attached hydrogens (tertiary/aromatic N) is 1. The maximum atomic E-state index is 5.17. The first kappa shape index (κ1) is 10.1. The summed E-state index contributed by atoms with van der Waals surface area (Å²) in [6.07, 6.45) is 3.50. The highest BCUT2D eigenvalue weighted by atomic mass is 14.7. The molecule has 11 heavy (non-hydrogen) atoms. The number of rotatable bonds is 1. The Morgan fingerprint density at radius 2 is 1.73 bits per heavy atom. The molecule has 1 heterocycles. The lowest BCUT2D eigenvalue weighted by atomic mass is 10.4. The number of hydrogen-bond donors (Lipinski definition) is 2. The van der Waals surface area contributed by atoms with Gasteiger partial charge in [0, 0.05) is 25.0 Å². The van der Waals surface area contributed by atoms with Gasteiger partial charge in [0.05, 0.1) is 0 Å². The smallest absolute Gasteiger partial charge is 0.0267 e. The van der Waals surface area contributed by atoms with Gasteiger partial charge in [-0.15, -0.1) is 0 Å². The van der Waals surface area contributed by atoms with E-state index in [9.17, 15) is 0 Å². The van der Waals surface area contributed by atoms with Crippen LogP contribution in [0.5, 0.6) is 0 Å². The molecule has 0 aromatic carbocycles. The predicted molar refractivity (Wildman–Crippen MR) is 46.9 cm³/mol. The van der Waals surface area contributed by atoms with Gasteiger partial charge in [0.1, 0.15) is 0 Å². The van der Waals surface area contributed by atoms with Crippen molar-refractivity contribution in [2.75, 3.05) is 6.54 Å². The zero-order chi connectivity index (χ0) is 8.53. The fourth-order valence-corrected chi connectivity index (χ4v) is 0.313. The van der Waals surface area contributed by atoms with E-state index in [0.29, 0.717) is 6.54 Å². The van der Waals surface area contributed by atoms with Crippen LogP contribution in [0.4, 0.5) is 0 Å². The Bertz CT molecular complexity index is 124. The molecular weight excluding hydrogens is 138 g/mol. The minimum absolute atomic E-state index is 0.162. The van der Waals surface area contributed by atoms with E-state index >= 15 is 0 Å². The summed E-state index contributed by atoms with van der Waals surface area (Å²) < 4.78 is 0. The van der Waals surface area contributed by atoms with Crippen LogP contribution in [0.25, 0.3) is 0 Å². The van der Waals surface area contributed by atoms with Gasteiger partial charge in [0.2, 0.25) is 0 Å². The first-order valence-corrected chi connectivity index (χ1v) is 3.58. The van der Waals surface area contributed by atoms with Gasteiger partial charge in [0.15, 0.2) is 0 Å². The van der Waals surface area contributed by atoms with E-state index in [1.807, 2.05) is 25.1 Å². The summed E-state index contributed by atoms with van der Waals surface area (Å²) in [4.78, 5) is 3.78. The van der Waals surface area contributed by atoms with Crippen LogP contribution >= 0.6 is 0 Å². The molecule has 1 rings (SSSR count). The second-order valence-corrected chi connectivity index (χ2v) is 2.24. The Kier molecular flexibility index (Phi) is 6.57. The normalized spacial score (nSPS) is 11.2. The standard InChI is InChI=1S/C5H5N.C3H10N2/c1-2-4-6-5-3-1;1-3(5)2-4/h1-5H;3H,2,4-5H2,1H3. The lowest BCUT2D eigenvalue weighted by molar-refractivity contribution is 0.752. The Morgan fingerprint density at radius 1 is 1.27 bits per heavy atom. The molecule has 0 saturated carbocycles. The number of aromatic nitrogens is 1. The summed E-state index contributed by atoms with van der Waals surface area (Å²) in [5, 5.41) is 0. The molecule has 3 nitrogen and oxygen atoms in total. The van der Waals surface area contributed by atoms with Crippen LogP contribution in [0.1, 0.15) is 6.92 Å². The minimum atomic E-state index is 0.162. The molecule has 0 saturated heterocycles. The molecule has 62 valence electrons. The molecule has 1 aromatic rings. The lowest BCUT2D eigenvalue weighted by Gasteiger charge is -1.92. The first-order valence-electron chi connectivity index (χ1n) is 3.58. The Hall–Kier alpha value is -0.930. The van der Waals surface area contributed by atoms with Crippen molar-refractivity contribution in [1.29, 1.82) is 0 Å². The van der Waals surface area contributed by atoms with Crippen molar-refractivity contribution < 1.29 is 0 Å². The van der Waals surface area contributed by atoms with Crippen LogP contribution in [0.3, 0.4) is 0 Å². The van der Waals surface area contributed by atoms with Crippen molar-refractivity contribution in [2.45, 2.75) is 13.0 Å². The second-order valence-electron chi connectivity index (χ2n) is 2.24. The summed E-state index contributed by atoms with van der Waals surface area (Å²) in [7, 11) is 0. The quantitative estimate of drug-likeness (QED) is 0.612. The summed E-state index contributed by atoms with van der Waals surface area (Å²) in [5.41, 5.74) is 10.2. The van der Waals surface area contributed by atoms with Crippen molar-refractivity contribution in [1.82, 2.24) is 4.98 Å². The van der Waals surface area contributed by atoms with Crippen LogP contribution in [-0.4, -0.2) is 17.6 Å². The first-order chi connectivity index (χ1) is 5.27. The minimum Gasteiger partial charge on any atom is -0.329 e. The molecular formula is C8H15N3. The Labute approximate surface area is 67.4 Å². The van der Waals surface area contributed by atoms with Crippen LogP contribution in [0.2, 0.25) is 0 Å². The second kappa shape index (κ2) is 7.18. The Balaban J connectivity index is 0.000000187.